The summed E-state index contributed by atoms with van der Waals surface area (Å²) in [7, 11) is 0. The fourth-order valence-corrected chi connectivity index (χ4v) is 3.30. The Kier molecular flexibility index (Phi) is 3.02. The highest BCUT2D eigenvalue weighted by atomic mass is 19.2. The van der Waals surface area contributed by atoms with Crippen molar-refractivity contribution in [3.8, 4) is 0 Å². The van der Waals surface area contributed by atoms with Crippen LogP contribution in [0.3, 0.4) is 0 Å². The van der Waals surface area contributed by atoms with Crippen molar-refractivity contribution in [2.24, 2.45) is 0 Å². The Morgan fingerprint density at radius 2 is 1.95 bits per heavy atom. The summed E-state index contributed by atoms with van der Waals surface area (Å²) in [5, 5.41) is 0. The molecule has 2 aliphatic heterocycles. The number of fused-ring (bicyclic) bond motifs is 2. The molecule has 22 heavy (non-hydrogen) atoms. The number of nitrogens with zero attached hydrogens (tertiary/aromatic N) is 2. The van der Waals surface area contributed by atoms with E-state index in [1.165, 1.54) is 0 Å². The van der Waals surface area contributed by atoms with Crippen molar-refractivity contribution in [1.29, 1.82) is 0 Å². The number of hydrogen-bond acceptors (Lipinski definition) is 3. The molecule has 0 unspecified atom stereocenters. The minimum absolute atomic E-state index is 0.328. The average Bonchev–Trinajstić information content (AvgIpc) is 2.91. The molecule has 1 fully saturated rings. The Balaban J connectivity index is 1.66. The van der Waals surface area contributed by atoms with Crippen LogP contribution in [0.2, 0.25) is 0 Å². The van der Waals surface area contributed by atoms with Gasteiger partial charge in [0.25, 0.3) is 0 Å². The molecule has 0 amide bonds. The van der Waals surface area contributed by atoms with E-state index in [1.54, 1.807) is 6.33 Å². The second-order valence-corrected chi connectivity index (χ2v) is 5.79. The second kappa shape index (κ2) is 4.82. The summed E-state index contributed by atoms with van der Waals surface area (Å²) in [5.41, 5.74) is 2.10. The maximum Gasteiger partial charge on any atom is 0.194 e. The van der Waals surface area contributed by atoms with Gasteiger partial charge in [-0.25, -0.2) is 18.2 Å². The monoisotopic (exact) mass is 309 g/mol. The van der Waals surface area contributed by atoms with Gasteiger partial charge in [0.2, 0.25) is 0 Å². The Morgan fingerprint density at radius 1 is 1.23 bits per heavy atom. The van der Waals surface area contributed by atoms with Crippen molar-refractivity contribution < 1.29 is 17.9 Å². The molecule has 1 N–H and O–H groups in total. The number of halogens is 3. The van der Waals surface area contributed by atoms with Crippen LogP contribution in [0.1, 0.15) is 17.0 Å². The molecular formula is C15H14F3N3O. The van der Waals surface area contributed by atoms with Gasteiger partial charge in [0.05, 0.1) is 30.9 Å². The smallest absolute Gasteiger partial charge is 0.194 e. The van der Waals surface area contributed by atoms with E-state index in [2.05, 4.69) is 14.9 Å². The van der Waals surface area contributed by atoms with E-state index in [1.807, 2.05) is 0 Å². The van der Waals surface area contributed by atoms with Gasteiger partial charge in [0.15, 0.2) is 17.5 Å². The highest BCUT2D eigenvalue weighted by Gasteiger charge is 2.50. The first kappa shape index (κ1) is 13.8. The van der Waals surface area contributed by atoms with Gasteiger partial charge >= 0.3 is 0 Å². The molecule has 4 rings (SSSR count). The number of nitrogens with one attached hydrogen (secondary N) is 1. The van der Waals surface area contributed by atoms with Crippen LogP contribution >= 0.6 is 0 Å². The maximum absolute atomic E-state index is 13.4. The summed E-state index contributed by atoms with van der Waals surface area (Å²) in [4.78, 5) is 9.58. The van der Waals surface area contributed by atoms with E-state index in [9.17, 15) is 13.2 Å². The van der Waals surface area contributed by atoms with Crippen LogP contribution < -0.4 is 0 Å². The molecule has 3 heterocycles. The van der Waals surface area contributed by atoms with E-state index >= 15 is 0 Å². The van der Waals surface area contributed by atoms with Gasteiger partial charge in [-0.2, -0.15) is 0 Å². The zero-order valence-electron chi connectivity index (χ0n) is 11.7. The lowest BCUT2D eigenvalue weighted by atomic mass is 9.85. The normalized spacial score (nSPS) is 20.0. The molecule has 0 saturated carbocycles. The molecule has 0 bridgehead atoms. The fraction of sp³-hybridized carbons (Fsp3) is 0.400. The third-order valence-corrected chi connectivity index (χ3v) is 4.51. The SMILES string of the molecule is Fc1cc(CN2CCc3nc[nH]c3C23COC3)cc(F)c1F. The summed E-state index contributed by atoms with van der Waals surface area (Å²) >= 11 is 0. The third-order valence-electron chi connectivity index (χ3n) is 4.51. The lowest BCUT2D eigenvalue weighted by Crippen LogP contribution is -2.62. The van der Waals surface area contributed by atoms with E-state index in [-0.39, 0.29) is 5.54 Å². The zero-order valence-corrected chi connectivity index (χ0v) is 11.7. The summed E-state index contributed by atoms with van der Waals surface area (Å²) in [5.74, 6) is -3.75. The number of aromatic amines is 1. The van der Waals surface area contributed by atoms with Crippen LogP contribution in [0.25, 0.3) is 0 Å². The molecule has 116 valence electrons. The molecule has 1 aromatic heterocycles. The van der Waals surface area contributed by atoms with Gasteiger partial charge in [-0.05, 0) is 17.7 Å². The topological polar surface area (TPSA) is 41.2 Å². The predicted octanol–water partition coefficient (Wildman–Crippen LogP) is 2.11. The molecule has 0 atom stereocenters. The number of imidazole rings is 1. The lowest BCUT2D eigenvalue weighted by Gasteiger charge is -2.51. The van der Waals surface area contributed by atoms with Gasteiger partial charge in [-0.3, -0.25) is 4.90 Å². The highest BCUT2D eigenvalue weighted by Crippen LogP contribution is 2.40. The largest absolute Gasteiger partial charge is 0.377 e. The van der Waals surface area contributed by atoms with Crippen LogP contribution in [0.5, 0.6) is 0 Å². The Morgan fingerprint density at radius 3 is 2.59 bits per heavy atom. The number of hydrogen-bond donors (Lipinski definition) is 1. The first-order valence-corrected chi connectivity index (χ1v) is 7.09. The molecule has 1 saturated heterocycles. The molecule has 7 heteroatoms. The van der Waals surface area contributed by atoms with Crippen molar-refractivity contribution in [3.63, 3.8) is 0 Å². The standard InChI is InChI=1S/C15H14F3N3O/c16-10-3-9(4-11(17)13(10)18)5-21-2-1-12-14(20-8-19-12)15(21)6-22-7-15/h3-4,8H,1-2,5-7H2,(H,19,20). The first-order chi connectivity index (χ1) is 10.6. The number of H-pyrrole nitrogens is 1. The van der Waals surface area contributed by atoms with E-state index < -0.39 is 17.5 Å². The summed E-state index contributed by atoms with van der Waals surface area (Å²) in [6.45, 7) is 2.06. The van der Waals surface area contributed by atoms with E-state index in [4.69, 9.17) is 4.74 Å². The van der Waals surface area contributed by atoms with Crippen molar-refractivity contribution in [2.45, 2.75) is 18.5 Å². The van der Waals surface area contributed by atoms with Gasteiger partial charge in [0, 0.05) is 19.5 Å². The first-order valence-electron chi connectivity index (χ1n) is 7.09. The Labute approximate surface area is 124 Å². The lowest BCUT2D eigenvalue weighted by molar-refractivity contribution is -0.157. The Bertz CT molecular complexity index is 704. The van der Waals surface area contributed by atoms with Crippen LogP contribution in [0.15, 0.2) is 18.5 Å². The molecule has 0 aliphatic carbocycles. The second-order valence-electron chi connectivity index (χ2n) is 5.79. The minimum atomic E-state index is -1.43. The summed E-state index contributed by atoms with van der Waals surface area (Å²) < 4.78 is 45.3. The molecule has 4 nitrogen and oxygen atoms in total. The number of benzene rings is 1. The van der Waals surface area contributed by atoms with Gasteiger partial charge in [0.1, 0.15) is 5.54 Å². The quantitative estimate of drug-likeness (QED) is 0.864. The molecule has 2 aliphatic rings. The van der Waals surface area contributed by atoms with Crippen molar-refractivity contribution in [2.75, 3.05) is 19.8 Å². The van der Waals surface area contributed by atoms with Crippen molar-refractivity contribution in [3.05, 3.63) is 52.9 Å². The molecule has 1 aromatic carbocycles. The minimum Gasteiger partial charge on any atom is -0.377 e. The third kappa shape index (κ3) is 1.89. The highest BCUT2D eigenvalue weighted by molar-refractivity contribution is 5.29. The van der Waals surface area contributed by atoms with E-state index in [0.717, 1.165) is 29.9 Å². The summed E-state index contributed by atoms with van der Waals surface area (Å²) in [6.07, 6.45) is 2.41. The number of rotatable bonds is 2. The van der Waals surface area contributed by atoms with Crippen LogP contribution in [0.4, 0.5) is 13.2 Å². The Hall–Kier alpha value is -1.86. The summed E-state index contributed by atoms with van der Waals surface area (Å²) in [6, 6.07) is 2.10. The predicted molar refractivity (Wildman–Crippen MR) is 71.5 cm³/mol. The molecule has 1 spiro atoms. The molecule has 2 aromatic rings. The average molecular weight is 309 g/mol. The fourth-order valence-electron chi connectivity index (χ4n) is 3.30. The van der Waals surface area contributed by atoms with Crippen LogP contribution in [-0.4, -0.2) is 34.6 Å². The molecular weight excluding hydrogens is 295 g/mol. The molecule has 0 radical (unpaired) electrons. The van der Waals surface area contributed by atoms with Crippen LogP contribution in [0, 0.1) is 17.5 Å². The number of ether oxygens (including phenoxy) is 1. The van der Waals surface area contributed by atoms with Gasteiger partial charge < -0.3 is 9.72 Å². The number of aromatic nitrogens is 2. The van der Waals surface area contributed by atoms with Gasteiger partial charge in [-0.1, -0.05) is 0 Å². The van der Waals surface area contributed by atoms with Gasteiger partial charge in [-0.15, -0.1) is 0 Å². The van der Waals surface area contributed by atoms with Crippen LogP contribution in [-0.2, 0) is 23.2 Å². The van der Waals surface area contributed by atoms with Crippen molar-refractivity contribution >= 4 is 0 Å². The zero-order chi connectivity index (χ0) is 15.3. The maximum atomic E-state index is 13.4. The van der Waals surface area contributed by atoms with Crippen molar-refractivity contribution in [1.82, 2.24) is 14.9 Å². The van der Waals surface area contributed by atoms with E-state index in [0.29, 0.717) is 31.9 Å².